The first-order valence-electron chi connectivity index (χ1n) is 9.00. The van der Waals surface area contributed by atoms with Crippen LogP contribution in [0.2, 0.25) is 0 Å². The standard InChI is InChI=1S/C21H21FN2O4S2/c1-24(14-15-8-9-20(28-2)19(22)11-15)21(25)16-5-3-7-18(12-16)30(26,27)23-13-17-6-4-10-29-17/h3-12,23H,13-14H2,1-2H3. The summed E-state index contributed by atoms with van der Waals surface area (Å²) in [6.07, 6.45) is 0. The van der Waals surface area contributed by atoms with Crippen LogP contribution < -0.4 is 9.46 Å². The number of ether oxygens (including phenoxy) is 1. The van der Waals surface area contributed by atoms with Gasteiger partial charge in [-0.2, -0.15) is 0 Å². The van der Waals surface area contributed by atoms with Gasteiger partial charge in [-0.3, -0.25) is 4.79 Å². The molecule has 158 valence electrons. The molecule has 30 heavy (non-hydrogen) atoms. The van der Waals surface area contributed by atoms with Gasteiger partial charge < -0.3 is 9.64 Å². The van der Waals surface area contributed by atoms with Crippen LogP contribution in [-0.4, -0.2) is 33.4 Å². The Balaban J connectivity index is 1.72. The van der Waals surface area contributed by atoms with Crippen molar-refractivity contribution in [1.29, 1.82) is 0 Å². The molecule has 3 rings (SSSR count). The van der Waals surface area contributed by atoms with Crippen molar-refractivity contribution in [3.63, 3.8) is 0 Å². The Morgan fingerprint density at radius 2 is 1.97 bits per heavy atom. The topological polar surface area (TPSA) is 75.7 Å². The van der Waals surface area contributed by atoms with Crippen molar-refractivity contribution in [2.24, 2.45) is 0 Å². The minimum atomic E-state index is -3.77. The van der Waals surface area contributed by atoms with Crippen molar-refractivity contribution in [2.75, 3.05) is 14.2 Å². The van der Waals surface area contributed by atoms with Crippen LogP contribution >= 0.6 is 11.3 Å². The lowest BCUT2D eigenvalue weighted by molar-refractivity contribution is 0.0784. The molecule has 0 saturated heterocycles. The minimum Gasteiger partial charge on any atom is -0.494 e. The summed E-state index contributed by atoms with van der Waals surface area (Å²) < 4.78 is 46.5. The zero-order chi connectivity index (χ0) is 21.7. The normalized spacial score (nSPS) is 11.3. The van der Waals surface area contributed by atoms with Gasteiger partial charge in [0.05, 0.1) is 12.0 Å². The van der Waals surface area contributed by atoms with Gasteiger partial charge in [-0.15, -0.1) is 11.3 Å². The van der Waals surface area contributed by atoms with Crippen molar-refractivity contribution in [3.05, 3.63) is 81.8 Å². The lowest BCUT2D eigenvalue weighted by Crippen LogP contribution is -2.27. The summed E-state index contributed by atoms with van der Waals surface area (Å²) >= 11 is 1.45. The maximum absolute atomic E-state index is 13.9. The summed E-state index contributed by atoms with van der Waals surface area (Å²) in [5.74, 6) is -0.761. The first kappa shape index (κ1) is 21.9. The number of rotatable bonds is 8. The summed E-state index contributed by atoms with van der Waals surface area (Å²) in [6, 6.07) is 14.0. The highest BCUT2D eigenvalue weighted by Gasteiger charge is 2.18. The molecule has 0 spiro atoms. The monoisotopic (exact) mass is 448 g/mol. The maximum Gasteiger partial charge on any atom is 0.253 e. The largest absolute Gasteiger partial charge is 0.494 e. The predicted molar refractivity (Wildman–Crippen MR) is 114 cm³/mol. The number of nitrogens with one attached hydrogen (secondary N) is 1. The smallest absolute Gasteiger partial charge is 0.253 e. The number of hydrogen-bond donors (Lipinski definition) is 1. The van der Waals surface area contributed by atoms with Crippen LogP contribution in [0.25, 0.3) is 0 Å². The second-order valence-electron chi connectivity index (χ2n) is 6.56. The van der Waals surface area contributed by atoms with E-state index in [2.05, 4.69) is 4.72 Å². The summed E-state index contributed by atoms with van der Waals surface area (Å²) in [7, 11) is -0.819. The molecule has 0 aliphatic heterocycles. The quantitative estimate of drug-likeness (QED) is 0.571. The zero-order valence-corrected chi connectivity index (χ0v) is 18.1. The Bertz CT molecular complexity index is 1130. The molecule has 0 bridgehead atoms. The highest BCUT2D eigenvalue weighted by atomic mass is 32.2. The van der Waals surface area contributed by atoms with Gasteiger partial charge in [0.1, 0.15) is 0 Å². The van der Waals surface area contributed by atoms with Crippen LogP contribution in [0.3, 0.4) is 0 Å². The SMILES string of the molecule is COc1ccc(CN(C)C(=O)c2cccc(S(=O)(=O)NCc3cccs3)c2)cc1F. The summed E-state index contributed by atoms with van der Waals surface area (Å²) in [4.78, 5) is 15.1. The molecular weight excluding hydrogens is 427 g/mol. The van der Waals surface area contributed by atoms with Gasteiger partial charge in [0, 0.05) is 30.6 Å². The van der Waals surface area contributed by atoms with Gasteiger partial charge in [0.15, 0.2) is 11.6 Å². The summed E-state index contributed by atoms with van der Waals surface area (Å²) in [5, 5.41) is 1.87. The highest BCUT2D eigenvalue weighted by Crippen LogP contribution is 2.20. The Morgan fingerprint density at radius 3 is 2.63 bits per heavy atom. The lowest BCUT2D eigenvalue weighted by Gasteiger charge is -2.18. The van der Waals surface area contributed by atoms with Crippen molar-refractivity contribution < 1.29 is 22.3 Å². The Labute approximate surface area is 179 Å². The van der Waals surface area contributed by atoms with Gasteiger partial charge in [-0.05, 0) is 47.3 Å². The lowest BCUT2D eigenvalue weighted by atomic mass is 10.1. The first-order valence-corrected chi connectivity index (χ1v) is 11.4. The van der Waals surface area contributed by atoms with E-state index in [-0.39, 0.29) is 35.2 Å². The van der Waals surface area contributed by atoms with Crippen molar-refractivity contribution >= 4 is 27.3 Å². The summed E-state index contributed by atoms with van der Waals surface area (Å²) in [5.41, 5.74) is 0.816. The average molecular weight is 449 g/mol. The highest BCUT2D eigenvalue weighted by molar-refractivity contribution is 7.89. The predicted octanol–water partition coefficient (Wildman–Crippen LogP) is 3.65. The van der Waals surface area contributed by atoms with Crippen LogP contribution in [0.15, 0.2) is 64.9 Å². The molecule has 0 radical (unpaired) electrons. The van der Waals surface area contributed by atoms with Gasteiger partial charge >= 0.3 is 0 Å². The second-order valence-corrected chi connectivity index (χ2v) is 9.36. The van der Waals surface area contributed by atoms with Gasteiger partial charge in [0.2, 0.25) is 10.0 Å². The number of sulfonamides is 1. The van der Waals surface area contributed by atoms with E-state index in [0.29, 0.717) is 5.56 Å². The number of hydrogen-bond acceptors (Lipinski definition) is 5. The third kappa shape index (κ3) is 5.24. The number of amides is 1. The molecule has 1 N–H and O–H groups in total. The fraction of sp³-hybridized carbons (Fsp3) is 0.190. The van der Waals surface area contributed by atoms with E-state index >= 15 is 0 Å². The molecule has 0 aliphatic rings. The maximum atomic E-state index is 13.9. The van der Waals surface area contributed by atoms with Crippen LogP contribution in [0, 0.1) is 5.82 Å². The number of halogens is 1. The van der Waals surface area contributed by atoms with Crippen molar-refractivity contribution in [3.8, 4) is 5.75 Å². The van der Waals surface area contributed by atoms with E-state index < -0.39 is 15.8 Å². The molecule has 9 heteroatoms. The molecule has 1 heterocycles. The fourth-order valence-corrected chi connectivity index (χ4v) is 4.62. The Kier molecular flexibility index (Phi) is 6.86. The molecule has 0 atom stereocenters. The van der Waals surface area contributed by atoms with E-state index in [4.69, 9.17) is 4.74 Å². The zero-order valence-electron chi connectivity index (χ0n) is 16.5. The van der Waals surface area contributed by atoms with Crippen molar-refractivity contribution in [1.82, 2.24) is 9.62 Å². The molecular formula is C21H21FN2O4S2. The molecule has 0 aliphatic carbocycles. The van der Waals surface area contributed by atoms with E-state index in [1.807, 2.05) is 17.5 Å². The van der Waals surface area contributed by atoms with E-state index in [1.165, 1.54) is 53.7 Å². The van der Waals surface area contributed by atoms with E-state index in [0.717, 1.165) is 4.88 Å². The molecule has 6 nitrogen and oxygen atoms in total. The average Bonchev–Trinajstić information content (AvgIpc) is 3.26. The molecule has 3 aromatic rings. The third-order valence-electron chi connectivity index (χ3n) is 4.39. The fourth-order valence-electron chi connectivity index (χ4n) is 2.83. The van der Waals surface area contributed by atoms with Crippen LogP contribution in [-0.2, 0) is 23.1 Å². The van der Waals surface area contributed by atoms with Crippen molar-refractivity contribution in [2.45, 2.75) is 18.0 Å². The second kappa shape index (κ2) is 9.38. The first-order chi connectivity index (χ1) is 14.3. The number of benzene rings is 2. The van der Waals surface area contributed by atoms with Crippen LogP contribution in [0.4, 0.5) is 4.39 Å². The van der Waals surface area contributed by atoms with E-state index in [9.17, 15) is 17.6 Å². The molecule has 0 fully saturated rings. The number of nitrogens with zero attached hydrogens (tertiary/aromatic N) is 1. The summed E-state index contributed by atoms with van der Waals surface area (Å²) in [6.45, 7) is 0.342. The van der Waals surface area contributed by atoms with Crippen LogP contribution in [0.5, 0.6) is 5.75 Å². The van der Waals surface area contributed by atoms with Gasteiger partial charge in [-0.1, -0.05) is 18.2 Å². The van der Waals surface area contributed by atoms with Gasteiger partial charge in [0.25, 0.3) is 5.91 Å². The molecule has 1 amide bonds. The molecule has 2 aromatic carbocycles. The number of thiophene rings is 1. The minimum absolute atomic E-state index is 0.00815. The number of carbonyl (C=O) groups excluding carboxylic acids is 1. The molecule has 0 saturated carbocycles. The number of carbonyl (C=O) groups is 1. The Morgan fingerprint density at radius 1 is 1.17 bits per heavy atom. The third-order valence-corrected chi connectivity index (χ3v) is 6.67. The van der Waals surface area contributed by atoms with Crippen LogP contribution in [0.1, 0.15) is 20.8 Å². The van der Waals surface area contributed by atoms with E-state index in [1.54, 1.807) is 19.2 Å². The Hall–Kier alpha value is -2.75. The molecule has 0 unspecified atom stereocenters. The number of methoxy groups -OCH3 is 1. The van der Waals surface area contributed by atoms with Gasteiger partial charge in [-0.25, -0.2) is 17.5 Å². The molecule has 1 aromatic heterocycles.